The van der Waals surface area contributed by atoms with Crippen LogP contribution in [0.4, 0.5) is 0 Å². The van der Waals surface area contributed by atoms with Gasteiger partial charge in [0.2, 0.25) is 0 Å². The van der Waals surface area contributed by atoms with E-state index in [1.54, 1.807) is 0 Å². The maximum absolute atomic E-state index is 3.68. The molecule has 1 atom stereocenters. The minimum Gasteiger partial charge on any atom is -0.314 e. The van der Waals surface area contributed by atoms with Crippen molar-refractivity contribution in [2.45, 2.75) is 51.5 Å². The highest BCUT2D eigenvalue weighted by molar-refractivity contribution is 4.90. The lowest BCUT2D eigenvalue weighted by Gasteiger charge is -2.41. The van der Waals surface area contributed by atoms with Gasteiger partial charge in [-0.3, -0.25) is 0 Å². The van der Waals surface area contributed by atoms with E-state index in [9.17, 15) is 0 Å². The van der Waals surface area contributed by atoms with E-state index in [-0.39, 0.29) is 0 Å². The van der Waals surface area contributed by atoms with Crippen LogP contribution >= 0.6 is 0 Å². The molecule has 16 heavy (non-hydrogen) atoms. The summed E-state index contributed by atoms with van der Waals surface area (Å²) in [5, 5.41) is 3.68. The zero-order valence-electron chi connectivity index (χ0n) is 10.7. The van der Waals surface area contributed by atoms with Crippen molar-refractivity contribution in [3.8, 4) is 0 Å². The molecular formula is C14H26N2. The van der Waals surface area contributed by atoms with Crippen molar-refractivity contribution in [3.05, 3.63) is 0 Å². The van der Waals surface area contributed by atoms with Crippen molar-refractivity contribution in [1.29, 1.82) is 0 Å². The first kappa shape index (κ1) is 11.0. The quantitative estimate of drug-likeness (QED) is 0.767. The summed E-state index contributed by atoms with van der Waals surface area (Å²) in [6, 6.07) is 0.887. The maximum atomic E-state index is 3.68. The molecule has 0 spiro atoms. The van der Waals surface area contributed by atoms with Crippen molar-refractivity contribution < 1.29 is 0 Å². The Labute approximate surface area is 99.8 Å². The predicted octanol–water partition coefficient (Wildman–Crippen LogP) is 2.25. The number of nitrogens with zero attached hydrogens (tertiary/aromatic N) is 1. The molecule has 2 heteroatoms. The summed E-state index contributed by atoms with van der Waals surface area (Å²) < 4.78 is 0. The Balaban J connectivity index is 1.38. The predicted molar refractivity (Wildman–Crippen MR) is 67.5 cm³/mol. The average molecular weight is 222 g/mol. The van der Waals surface area contributed by atoms with E-state index in [2.05, 4.69) is 17.1 Å². The van der Waals surface area contributed by atoms with Crippen LogP contribution < -0.4 is 5.32 Å². The number of likely N-dealkylation sites (tertiary alicyclic amines) is 1. The van der Waals surface area contributed by atoms with Gasteiger partial charge in [0.15, 0.2) is 0 Å². The second kappa shape index (κ2) is 4.30. The number of hydrogen-bond donors (Lipinski definition) is 1. The summed E-state index contributed by atoms with van der Waals surface area (Å²) in [5.41, 5.74) is 0.679. The normalized spacial score (nSPS) is 33.9. The molecule has 0 aromatic rings. The van der Waals surface area contributed by atoms with Crippen molar-refractivity contribution in [2.24, 2.45) is 11.3 Å². The van der Waals surface area contributed by atoms with Gasteiger partial charge in [-0.05, 0) is 56.5 Å². The molecule has 1 unspecified atom stereocenters. The molecule has 1 heterocycles. The van der Waals surface area contributed by atoms with Crippen LogP contribution in [-0.4, -0.2) is 37.1 Å². The maximum Gasteiger partial charge on any atom is 0.00683 e. The van der Waals surface area contributed by atoms with Gasteiger partial charge in [0.25, 0.3) is 0 Å². The molecule has 0 bridgehead atoms. The highest BCUT2D eigenvalue weighted by Crippen LogP contribution is 2.41. The van der Waals surface area contributed by atoms with Gasteiger partial charge in [0.1, 0.15) is 0 Å². The lowest BCUT2D eigenvalue weighted by Crippen LogP contribution is -2.39. The third kappa shape index (κ3) is 2.60. The summed E-state index contributed by atoms with van der Waals surface area (Å²) in [4.78, 5) is 2.72. The van der Waals surface area contributed by atoms with E-state index in [0.29, 0.717) is 5.41 Å². The van der Waals surface area contributed by atoms with Crippen molar-refractivity contribution in [1.82, 2.24) is 10.2 Å². The van der Waals surface area contributed by atoms with Crippen LogP contribution in [-0.2, 0) is 0 Å². The molecule has 92 valence electrons. The summed E-state index contributed by atoms with van der Waals surface area (Å²) in [7, 11) is 0. The second-order valence-corrected chi connectivity index (χ2v) is 6.74. The van der Waals surface area contributed by atoms with E-state index < -0.39 is 0 Å². The van der Waals surface area contributed by atoms with Gasteiger partial charge in [0, 0.05) is 19.1 Å². The molecule has 0 aromatic heterocycles. The van der Waals surface area contributed by atoms with E-state index in [0.717, 1.165) is 12.0 Å². The first-order chi connectivity index (χ1) is 7.73. The summed E-state index contributed by atoms with van der Waals surface area (Å²) in [6.07, 6.45) is 8.68. The summed E-state index contributed by atoms with van der Waals surface area (Å²) in [6.45, 7) is 7.83. The van der Waals surface area contributed by atoms with Crippen LogP contribution in [0.5, 0.6) is 0 Å². The molecular weight excluding hydrogens is 196 g/mol. The zero-order chi connectivity index (χ0) is 11.0. The van der Waals surface area contributed by atoms with E-state index in [4.69, 9.17) is 0 Å². The molecule has 1 saturated heterocycles. The fourth-order valence-electron chi connectivity index (χ4n) is 3.32. The van der Waals surface area contributed by atoms with Crippen LogP contribution in [0.1, 0.15) is 45.4 Å². The molecule has 2 aliphatic carbocycles. The van der Waals surface area contributed by atoms with Gasteiger partial charge < -0.3 is 10.2 Å². The molecule has 0 amide bonds. The van der Waals surface area contributed by atoms with Crippen LogP contribution in [0.15, 0.2) is 0 Å². The standard InChI is InChI=1S/C14H26N2/c1-14(6-2-7-14)11-16-8-5-12(10-16)9-15-13-3-4-13/h12-13,15H,2-11H2,1H3. The molecule has 3 rings (SSSR count). The first-order valence-corrected chi connectivity index (χ1v) is 7.19. The lowest BCUT2D eigenvalue weighted by molar-refractivity contribution is 0.0965. The topological polar surface area (TPSA) is 15.3 Å². The Hall–Kier alpha value is -0.0800. The van der Waals surface area contributed by atoms with E-state index in [1.807, 2.05) is 0 Å². The molecule has 0 aromatic carbocycles. The molecule has 3 aliphatic rings. The third-order valence-corrected chi connectivity index (χ3v) is 4.81. The smallest absolute Gasteiger partial charge is 0.00683 e. The summed E-state index contributed by atoms with van der Waals surface area (Å²) >= 11 is 0. The lowest BCUT2D eigenvalue weighted by atomic mass is 9.70. The van der Waals surface area contributed by atoms with Crippen LogP contribution in [0.2, 0.25) is 0 Å². The molecule has 1 N–H and O–H groups in total. The molecule has 3 fully saturated rings. The Morgan fingerprint density at radius 2 is 2.06 bits per heavy atom. The van der Waals surface area contributed by atoms with Gasteiger partial charge in [-0.15, -0.1) is 0 Å². The number of hydrogen-bond acceptors (Lipinski definition) is 2. The first-order valence-electron chi connectivity index (χ1n) is 7.19. The Morgan fingerprint density at radius 1 is 1.25 bits per heavy atom. The SMILES string of the molecule is CC1(CN2CCC(CNC3CC3)C2)CCC1. The van der Waals surface area contributed by atoms with Gasteiger partial charge in [-0.2, -0.15) is 0 Å². The fraction of sp³-hybridized carbons (Fsp3) is 1.00. The summed E-state index contributed by atoms with van der Waals surface area (Å²) in [5.74, 6) is 0.935. The average Bonchev–Trinajstić information content (AvgIpc) is 2.95. The van der Waals surface area contributed by atoms with Crippen molar-refractivity contribution >= 4 is 0 Å². The Morgan fingerprint density at radius 3 is 2.69 bits per heavy atom. The third-order valence-electron chi connectivity index (χ3n) is 4.81. The number of nitrogens with one attached hydrogen (secondary N) is 1. The van der Waals surface area contributed by atoms with Crippen LogP contribution in [0.3, 0.4) is 0 Å². The largest absolute Gasteiger partial charge is 0.314 e. The second-order valence-electron chi connectivity index (χ2n) is 6.74. The van der Waals surface area contributed by atoms with Gasteiger partial charge in [0.05, 0.1) is 0 Å². The highest BCUT2D eigenvalue weighted by atomic mass is 15.2. The highest BCUT2D eigenvalue weighted by Gasteiger charge is 2.35. The van der Waals surface area contributed by atoms with Crippen LogP contribution in [0.25, 0.3) is 0 Å². The fourth-order valence-corrected chi connectivity index (χ4v) is 3.32. The van der Waals surface area contributed by atoms with E-state index in [1.165, 1.54) is 64.7 Å². The molecule has 2 nitrogen and oxygen atoms in total. The van der Waals surface area contributed by atoms with Crippen molar-refractivity contribution in [2.75, 3.05) is 26.2 Å². The van der Waals surface area contributed by atoms with E-state index >= 15 is 0 Å². The minimum atomic E-state index is 0.679. The number of rotatable bonds is 5. The molecule has 1 aliphatic heterocycles. The Kier molecular flexibility index (Phi) is 2.97. The minimum absolute atomic E-state index is 0.679. The monoisotopic (exact) mass is 222 g/mol. The van der Waals surface area contributed by atoms with Gasteiger partial charge >= 0.3 is 0 Å². The molecule has 2 saturated carbocycles. The van der Waals surface area contributed by atoms with Gasteiger partial charge in [-0.1, -0.05) is 13.3 Å². The zero-order valence-corrected chi connectivity index (χ0v) is 10.7. The Bertz CT molecular complexity index is 243. The molecule has 0 radical (unpaired) electrons. The van der Waals surface area contributed by atoms with Crippen molar-refractivity contribution in [3.63, 3.8) is 0 Å². The van der Waals surface area contributed by atoms with Crippen LogP contribution in [0, 0.1) is 11.3 Å². The van der Waals surface area contributed by atoms with Gasteiger partial charge in [-0.25, -0.2) is 0 Å².